The second kappa shape index (κ2) is 5.50. The number of aliphatic hydroxyl groups excluding tert-OH is 1. The molecule has 2 aromatic carbocycles. The van der Waals surface area contributed by atoms with Gasteiger partial charge in [-0.2, -0.15) is 0 Å². The molecule has 4 nitrogen and oxygen atoms in total. The van der Waals surface area contributed by atoms with Gasteiger partial charge < -0.3 is 5.11 Å². The number of aliphatic hydroxyl groups is 1. The molecule has 0 unspecified atom stereocenters. The maximum atomic E-state index is 9.52. The highest BCUT2D eigenvalue weighted by molar-refractivity contribution is 5.60. The molecular weight excluding hydrogens is 262 g/mol. The van der Waals surface area contributed by atoms with Crippen molar-refractivity contribution in [3.8, 4) is 17.1 Å². The van der Waals surface area contributed by atoms with Crippen LogP contribution >= 0.6 is 0 Å². The van der Waals surface area contributed by atoms with Gasteiger partial charge in [-0.05, 0) is 43.2 Å². The average molecular weight is 279 g/mol. The third-order valence-electron chi connectivity index (χ3n) is 3.65. The molecule has 0 radical (unpaired) electrons. The fraction of sp³-hybridized carbons (Fsp3) is 0.176. The Balaban J connectivity index is 2.20. The summed E-state index contributed by atoms with van der Waals surface area (Å²) in [5, 5.41) is 17.9. The van der Waals surface area contributed by atoms with Gasteiger partial charge in [-0.15, -0.1) is 10.2 Å². The molecule has 1 heterocycles. The summed E-state index contributed by atoms with van der Waals surface area (Å²) in [4.78, 5) is 0. The first-order chi connectivity index (χ1) is 10.2. The fourth-order valence-corrected chi connectivity index (χ4v) is 2.33. The third kappa shape index (κ3) is 2.45. The van der Waals surface area contributed by atoms with Crippen molar-refractivity contribution in [3.05, 3.63) is 65.5 Å². The van der Waals surface area contributed by atoms with Crippen molar-refractivity contribution in [1.29, 1.82) is 0 Å². The van der Waals surface area contributed by atoms with Crippen LogP contribution in [0.3, 0.4) is 0 Å². The maximum absolute atomic E-state index is 9.52. The van der Waals surface area contributed by atoms with Crippen molar-refractivity contribution >= 4 is 0 Å². The highest BCUT2D eigenvalue weighted by Gasteiger charge is 2.15. The molecule has 0 spiro atoms. The number of hydrogen-bond acceptors (Lipinski definition) is 3. The number of rotatable bonds is 3. The van der Waals surface area contributed by atoms with Crippen LogP contribution in [0.5, 0.6) is 0 Å². The quantitative estimate of drug-likeness (QED) is 0.801. The Morgan fingerprint density at radius 1 is 0.952 bits per heavy atom. The van der Waals surface area contributed by atoms with E-state index in [9.17, 15) is 5.11 Å². The van der Waals surface area contributed by atoms with Crippen LogP contribution < -0.4 is 0 Å². The Hall–Kier alpha value is -2.46. The number of aryl methyl sites for hydroxylation is 2. The Morgan fingerprint density at radius 3 is 2.38 bits per heavy atom. The van der Waals surface area contributed by atoms with Gasteiger partial charge in [0.2, 0.25) is 0 Å². The summed E-state index contributed by atoms with van der Waals surface area (Å²) in [5.41, 5.74) is 4.39. The normalized spacial score (nSPS) is 10.8. The van der Waals surface area contributed by atoms with Crippen LogP contribution in [0.2, 0.25) is 0 Å². The summed E-state index contributed by atoms with van der Waals surface area (Å²) in [7, 11) is 0. The van der Waals surface area contributed by atoms with Crippen LogP contribution in [0.1, 0.15) is 17.0 Å². The van der Waals surface area contributed by atoms with E-state index in [2.05, 4.69) is 36.2 Å². The molecule has 0 saturated heterocycles. The molecule has 1 N–H and O–H groups in total. The van der Waals surface area contributed by atoms with Crippen molar-refractivity contribution in [2.75, 3.05) is 0 Å². The molecule has 1 aromatic heterocycles. The first-order valence-corrected chi connectivity index (χ1v) is 6.89. The standard InChI is InChI=1S/C17H17N3O/c1-12-8-9-14(10-13(12)2)17-19-18-16(11-21)20(17)15-6-4-3-5-7-15/h3-10,21H,11H2,1-2H3. The van der Waals surface area contributed by atoms with Crippen LogP contribution in [-0.2, 0) is 6.61 Å². The molecule has 3 aromatic rings. The zero-order chi connectivity index (χ0) is 14.8. The summed E-state index contributed by atoms with van der Waals surface area (Å²) in [6.07, 6.45) is 0. The van der Waals surface area contributed by atoms with Gasteiger partial charge in [-0.3, -0.25) is 4.57 Å². The van der Waals surface area contributed by atoms with E-state index in [1.165, 1.54) is 11.1 Å². The highest BCUT2D eigenvalue weighted by atomic mass is 16.3. The minimum absolute atomic E-state index is 0.146. The largest absolute Gasteiger partial charge is 0.388 e. The smallest absolute Gasteiger partial charge is 0.168 e. The molecule has 0 atom stereocenters. The van der Waals surface area contributed by atoms with Crippen molar-refractivity contribution in [1.82, 2.24) is 14.8 Å². The molecule has 0 fully saturated rings. The van der Waals surface area contributed by atoms with Crippen LogP contribution in [0.4, 0.5) is 0 Å². The third-order valence-corrected chi connectivity index (χ3v) is 3.65. The average Bonchev–Trinajstić information content (AvgIpc) is 2.95. The van der Waals surface area contributed by atoms with Gasteiger partial charge >= 0.3 is 0 Å². The van der Waals surface area contributed by atoms with E-state index in [0.29, 0.717) is 5.82 Å². The Bertz CT molecular complexity index is 763. The minimum Gasteiger partial charge on any atom is -0.388 e. The molecule has 4 heteroatoms. The van der Waals surface area contributed by atoms with Crippen LogP contribution in [0.15, 0.2) is 48.5 Å². The molecule has 21 heavy (non-hydrogen) atoms. The van der Waals surface area contributed by atoms with Gasteiger partial charge in [0.15, 0.2) is 11.6 Å². The summed E-state index contributed by atoms with van der Waals surface area (Å²) in [6, 6.07) is 16.0. The molecule has 0 bridgehead atoms. The number of hydrogen-bond donors (Lipinski definition) is 1. The summed E-state index contributed by atoms with van der Waals surface area (Å²) < 4.78 is 1.89. The summed E-state index contributed by atoms with van der Waals surface area (Å²) >= 11 is 0. The Labute approximate surface area is 123 Å². The van der Waals surface area contributed by atoms with Gasteiger partial charge in [0, 0.05) is 11.3 Å². The number of benzene rings is 2. The Kier molecular flexibility index (Phi) is 3.54. The van der Waals surface area contributed by atoms with E-state index >= 15 is 0 Å². The molecule has 0 aliphatic heterocycles. The minimum atomic E-state index is -0.146. The first-order valence-electron chi connectivity index (χ1n) is 6.89. The molecule has 0 aliphatic rings. The van der Waals surface area contributed by atoms with Gasteiger partial charge in [0.1, 0.15) is 6.61 Å². The molecule has 3 rings (SSSR count). The highest BCUT2D eigenvalue weighted by Crippen LogP contribution is 2.24. The van der Waals surface area contributed by atoms with Gasteiger partial charge in [-0.25, -0.2) is 0 Å². The molecular formula is C17H17N3O. The van der Waals surface area contributed by atoms with E-state index in [1.54, 1.807) is 0 Å². The predicted octanol–water partition coefficient (Wildman–Crippen LogP) is 3.04. The van der Waals surface area contributed by atoms with Crippen LogP contribution in [-0.4, -0.2) is 19.9 Å². The fourth-order valence-electron chi connectivity index (χ4n) is 2.33. The molecule has 0 saturated carbocycles. The number of aromatic nitrogens is 3. The van der Waals surface area contributed by atoms with Gasteiger partial charge in [0.05, 0.1) is 0 Å². The lowest BCUT2D eigenvalue weighted by Gasteiger charge is -2.10. The van der Waals surface area contributed by atoms with Gasteiger partial charge in [0.25, 0.3) is 0 Å². The van der Waals surface area contributed by atoms with Gasteiger partial charge in [-0.1, -0.05) is 30.3 Å². The van der Waals surface area contributed by atoms with E-state index in [-0.39, 0.29) is 6.61 Å². The lowest BCUT2D eigenvalue weighted by atomic mass is 10.1. The number of nitrogens with zero attached hydrogens (tertiary/aromatic N) is 3. The number of para-hydroxylation sites is 1. The van der Waals surface area contributed by atoms with Crippen molar-refractivity contribution in [2.24, 2.45) is 0 Å². The summed E-state index contributed by atoms with van der Waals surface area (Å²) in [5.74, 6) is 1.28. The maximum Gasteiger partial charge on any atom is 0.168 e. The zero-order valence-corrected chi connectivity index (χ0v) is 12.1. The van der Waals surface area contributed by atoms with Crippen molar-refractivity contribution in [2.45, 2.75) is 20.5 Å². The molecule has 0 amide bonds. The van der Waals surface area contributed by atoms with E-state index in [0.717, 1.165) is 17.1 Å². The van der Waals surface area contributed by atoms with Crippen LogP contribution in [0, 0.1) is 13.8 Å². The zero-order valence-electron chi connectivity index (χ0n) is 12.1. The van der Waals surface area contributed by atoms with Crippen molar-refractivity contribution in [3.63, 3.8) is 0 Å². The molecule has 106 valence electrons. The SMILES string of the molecule is Cc1ccc(-c2nnc(CO)n2-c2ccccc2)cc1C. The van der Waals surface area contributed by atoms with E-state index < -0.39 is 0 Å². The lowest BCUT2D eigenvalue weighted by Crippen LogP contribution is -2.03. The Morgan fingerprint density at radius 2 is 1.71 bits per heavy atom. The second-order valence-electron chi connectivity index (χ2n) is 5.07. The summed E-state index contributed by atoms with van der Waals surface area (Å²) in [6.45, 7) is 4.02. The van der Waals surface area contributed by atoms with E-state index in [1.807, 2.05) is 41.0 Å². The topological polar surface area (TPSA) is 50.9 Å². The predicted molar refractivity (Wildman–Crippen MR) is 82.2 cm³/mol. The van der Waals surface area contributed by atoms with Crippen molar-refractivity contribution < 1.29 is 5.11 Å². The first kappa shape index (κ1) is 13.5. The molecule has 0 aliphatic carbocycles. The van der Waals surface area contributed by atoms with E-state index in [4.69, 9.17) is 0 Å². The van der Waals surface area contributed by atoms with Crippen LogP contribution in [0.25, 0.3) is 17.1 Å². The monoisotopic (exact) mass is 279 g/mol. The lowest BCUT2D eigenvalue weighted by molar-refractivity contribution is 0.269. The second-order valence-corrected chi connectivity index (χ2v) is 5.07.